The number of hydrogen-bond acceptors (Lipinski definition) is 5. The molecule has 8 heteroatoms. The second-order valence-electron chi connectivity index (χ2n) is 7.34. The number of fused-ring (bicyclic) bond motifs is 1. The third-order valence-electron chi connectivity index (χ3n) is 5.29. The van der Waals surface area contributed by atoms with Crippen LogP contribution >= 0.6 is 11.6 Å². The molecule has 1 fully saturated rings. The number of imide groups is 1. The van der Waals surface area contributed by atoms with E-state index in [9.17, 15) is 9.59 Å². The van der Waals surface area contributed by atoms with Gasteiger partial charge in [0.05, 0.1) is 0 Å². The third-order valence-corrected chi connectivity index (χ3v) is 5.64. The van der Waals surface area contributed by atoms with Crippen molar-refractivity contribution in [3.05, 3.63) is 76.3 Å². The van der Waals surface area contributed by atoms with Gasteiger partial charge in [0.2, 0.25) is 17.8 Å². The number of rotatable bonds is 3. The van der Waals surface area contributed by atoms with E-state index in [0.29, 0.717) is 11.0 Å². The largest absolute Gasteiger partial charge is 0.324 e. The molecule has 0 bridgehead atoms. The Morgan fingerprint density at radius 3 is 2.43 bits per heavy atom. The molecule has 2 amide bonds. The molecule has 150 valence electrons. The summed E-state index contributed by atoms with van der Waals surface area (Å²) >= 11 is 6.49. The van der Waals surface area contributed by atoms with Crippen LogP contribution in [0.1, 0.15) is 35.6 Å². The lowest BCUT2D eigenvalue weighted by Gasteiger charge is -2.25. The summed E-state index contributed by atoms with van der Waals surface area (Å²) in [5, 5.41) is 8.38. The van der Waals surface area contributed by atoms with Gasteiger partial charge in [-0.05, 0) is 30.2 Å². The standard InChI is InChI=1S/C22H18ClN5O2/c1-13-6-8-14(9-7-13)17-12-18(15-4-2-3-5-16(15)23)28-21(24-17)25-22(26-28)27-19(29)10-11-20(27)30/h2-9,12,18H,10-11H2,1H3,(H,24,25,26)/t18-/m1/s1. The van der Waals surface area contributed by atoms with Crippen LogP contribution in [0.25, 0.3) is 5.70 Å². The van der Waals surface area contributed by atoms with E-state index in [1.165, 1.54) is 0 Å². The van der Waals surface area contributed by atoms with E-state index in [0.717, 1.165) is 27.3 Å². The Kier molecular flexibility index (Phi) is 4.40. The van der Waals surface area contributed by atoms with Crippen molar-refractivity contribution in [1.82, 2.24) is 14.8 Å². The van der Waals surface area contributed by atoms with Gasteiger partial charge in [0.15, 0.2) is 0 Å². The molecule has 5 rings (SSSR count). The molecule has 1 saturated heterocycles. The minimum atomic E-state index is -0.347. The van der Waals surface area contributed by atoms with E-state index < -0.39 is 0 Å². The van der Waals surface area contributed by atoms with Crippen molar-refractivity contribution in [1.29, 1.82) is 0 Å². The Morgan fingerprint density at radius 2 is 1.73 bits per heavy atom. The van der Waals surface area contributed by atoms with Crippen molar-refractivity contribution < 1.29 is 9.59 Å². The minimum Gasteiger partial charge on any atom is -0.324 e. The molecule has 0 saturated carbocycles. The molecule has 0 radical (unpaired) electrons. The molecule has 2 aliphatic heterocycles. The molecular weight excluding hydrogens is 402 g/mol. The lowest BCUT2D eigenvalue weighted by molar-refractivity contribution is -0.121. The summed E-state index contributed by atoms with van der Waals surface area (Å²) in [4.78, 5) is 29.9. The van der Waals surface area contributed by atoms with E-state index in [1.54, 1.807) is 4.68 Å². The maximum absolute atomic E-state index is 12.2. The van der Waals surface area contributed by atoms with Gasteiger partial charge in [0.25, 0.3) is 5.95 Å². The van der Waals surface area contributed by atoms with Gasteiger partial charge in [-0.25, -0.2) is 9.58 Å². The average Bonchev–Trinajstić information content (AvgIpc) is 3.30. The first-order chi connectivity index (χ1) is 14.5. The summed E-state index contributed by atoms with van der Waals surface area (Å²) in [6, 6.07) is 15.3. The predicted octanol–water partition coefficient (Wildman–Crippen LogP) is 3.95. The fourth-order valence-electron chi connectivity index (χ4n) is 3.71. The first-order valence-corrected chi connectivity index (χ1v) is 10.0. The highest BCUT2D eigenvalue weighted by atomic mass is 35.5. The second-order valence-corrected chi connectivity index (χ2v) is 7.75. The molecule has 30 heavy (non-hydrogen) atoms. The van der Waals surface area contributed by atoms with Gasteiger partial charge in [-0.15, -0.1) is 5.10 Å². The van der Waals surface area contributed by atoms with Crippen LogP contribution in [-0.2, 0) is 9.59 Å². The number of carbonyl (C=O) groups is 2. The Morgan fingerprint density at radius 1 is 1.03 bits per heavy atom. The zero-order valence-corrected chi connectivity index (χ0v) is 16.9. The number of nitrogens with zero attached hydrogens (tertiary/aromatic N) is 4. The highest BCUT2D eigenvalue weighted by Gasteiger charge is 2.36. The molecule has 7 nitrogen and oxygen atoms in total. The van der Waals surface area contributed by atoms with Crippen LogP contribution in [0.5, 0.6) is 0 Å². The summed E-state index contributed by atoms with van der Waals surface area (Å²) in [6.07, 6.45) is 2.37. The van der Waals surface area contributed by atoms with Crippen molar-refractivity contribution >= 4 is 41.0 Å². The van der Waals surface area contributed by atoms with Crippen molar-refractivity contribution in [2.75, 3.05) is 10.2 Å². The molecule has 2 aliphatic rings. The summed E-state index contributed by atoms with van der Waals surface area (Å²) in [7, 11) is 0. The van der Waals surface area contributed by atoms with E-state index >= 15 is 0 Å². The van der Waals surface area contributed by atoms with Gasteiger partial charge in [-0.3, -0.25) is 9.59 Å². The Labute approximate surface area is 178 Å². The quantitative estimate of drug-likeness (QED) is 0.650. The maximum Gasteiger partial charge on any atom is 0.260 e. The van der Waals surface area contributed by atoms with E-state index in [2.05, 4.69) is 15.4 Å². The second kappa shape index (κ2) is 7.11. The van der Waals surface area contributed by atoms with Crippen LogP contribution in [-0.4, -0.2) is 26.6 Å². The Hall–Kier alpha value is -3.45. The molecule has 0 unspecified atom stereocenters. The summed E-state index contributed by atoms with van der Waals surface area (Å²) < 4.78 is 1.66. The molecule has 0 aliphatic carbocycles. The first-order valence-electron chi connectivity index (χ1n) is 9.64. The van der Waals surface area contributed by atoms with Gasteiger partial charge < -0.3 is 5.32 Å². The number of halogens is 1. The topological polar surface area (TPSA) is 80.1 Å². The number of aromatic nitrogens is 3. The van der Waals surface area contributed by atoms with Gasteiger partial charge in [0, 0.05) is 23.6 Å². The van der Waals surface area contributed by atoms with Crippen molar-refractivity contribution in [2.45, 2.75) is 25.8 Å². The van der Waals surface area contributed by atoms with Crippen LogP contribution in [0.2, 0.25) is 5.02 Å². The number of anilines is 2. The van der Waals surface area contributed by atoms with Gasteiger partial charge in [0.1, 0.15) is 6.04 Å². The maximum atomic E-state index is 12.2. The molecule has 1 aromatic heterocycles. The third kappa shape index (κ3) is 3.07. The zero-order valence-electron chi connectivity index (χ0n) is 16.2. The molecule has 3 aromatic rings. The minimum absolute atomic E-state index is 0.0839. The van der Waals surface area contributed by atoms with Crippen molar-refractivity contribution in [3.63, 3.8) is 0 Å². The van der Waals surface area contributed by atoms with Crippen molar-refractivity contribution in [2.24, 2.45) is 0 Å². The Balaban J connectivity index is 1.63. The van der Waals surface area contributed by atoms with Crippen LogP contribution in [0.15, 0.2) is 54.6 Å². The molecule has 3 heterocycles. The molecular formula is C22H18ClN5O2. The summed E-state index contributed by atoms with van der Waals surface area (Å²) in [5.41, 5.74) is 3.85. The highest BCUT2D eigenvalue weighted by molar-refractivity contribution is 6.31. The normalized spacial score (nSPS) is 18.3. The smallest absolute Gasteiger partial charge is 0.260 e. The van der Waals surface area contributed by atoms with Crippen LogP contribution in [0.3, 0.4) is 0 Å². The number of carbonyl (C=O) groups excluding carboxylic acids is 2. The molecule has 1 atom stereocenters. The van der Waals surface area contributed by atoms with Crippen molar-refractivity contribution in [3.8, 4) is 0 Å². The van der Waals surface area contributed by atoms with Gasteiger partial charge in [-0.1, -0.05) is 59.6 Å². The summed E-state index contributed by atoms with van der Waals surface area (Å²) in [6.45, 7) is 2.03. The number of amides is 2. The van der Waals surface area contributed by atoms with E-state index in [4.69, 9.17) is 11.6 Å². The highest BCUT2D eigenvalue weighted by Crippen LogP contribution is 2.36. The van der Waals surface area contributed by atoms with Crippen LogP contribution in [0.4, 0.5) is 11.9 Å². The molecule has 1 N–H and O–H groups in total. The number of nitrogens with one attached hydrogen (secondary N) is 1. The SMILES string of the molecule is Cc1ccc(C2=C[C@H](c3ccccc3Cl)n3nc(N4C(=O)CCC4=O)nc3N2)cc1. The monoisotopic (exact) mass is 419 g/mol. The lowest BCUT2D eigenvalue weighted by Crippen LogP contribution is -2.29. The number of aryl methyl sites for hydroxylation is 1. The number of hydrogen-bond donors (Lipinski definition) is 1. The fourth-order valence-corrected chi connectivity index (χ4v) is 3.96. The predicted molar refractivity (Wildman–Crippen MR) is 114 cm³/mol. The fraction of sp³-hybridized carbons (Fsp3) is 0.182. The first kappa shape index (κ1) is 18.6. The van der Waals surface area contributed by atoms with Crippen LogP contribution < -0.4 is 10.2 Å². The average molecular weight is 420 g/mol. The summed E-state index contributed by atoms with van der Waals surface area (Å²) in [5.74, 6) is -0.0472. The molecule has 2 aromatic carbocycles. The van der Waals surface area contributed by atoms with Gasteiger partial charge in [-0.2, -0.15) is 4.98 Å². The van der Waals surface area contributed by atoms with E-state index in [1.807, 2.05) is 61.5 Å². The Bertz CT molecular complexity index is 1180. The molecule has 0 spiro atoms. The zero-order chi connectivity index (χ0) is 20.8. The van der Waals surface area contributed by atoms with Crippen LogP contribution in [0, 0.1) is 6.92 Å². The van der Waals surface area contributed by atoms with E-state index in [-0.39, 0.29) is 36.6 Å². The van der Waals surface area contributed by atoms with Gasteiger partial charge >= 0.3 is 0 Å². The lowest BCUT2D eigenvalue weighted by atomic mass is 10.0. The number of benzene rings is 2. The number of allylic oxidation sites excluding steroid dienone is 1.